The Morgan fingerprint density at radius 3 is 2.57 bits per heavy atom. The lowest BCUT2D eigenvalue weighted by atomic mass is 10.3. The zero-order valence-electron chi connectivity index (χ0n) is 8.50. The molecule has 1 aromatic rings. The number of Topliss-reactive ketones (excluding diaryl/α,β-unsaturated/α-hetero) is 1. The highest BCUT2D eigenvalue weighted by Crippen LogP contribution is 2.02. The van der Waals surface area contributed by atoms with Crippen LogP contribution in [0.2, 0.25) is 0 Å². The first kappa shape index (κ1) is 10.4. The number of hydrogen-bond donors (Lipinski definition) is 1. The largest absolute Gasteiger partial charge is 0.379 e. The van der Waals surface area contributed by atoms with Gasteiger partial charge in [0.1, 0.15) is 5.78 Å². The molecule has 0 aliphatic rings. The summed E-state index contributed by atoms with van der Waals surface area (Å²) in [6.45, 7) is 4.98. The number of nitrogens with two attached hydrogens (primary N) is 1. The summed E-state index contributed by atoms with van der Waals surface area (Å²) >= 11 is 0. The number of carbonyl (C=O) groups is 1. The lowest BCUT2D eigenvalue weighted by molar-refractivity contribution is -0.117. The lowest BCUT2D eigenvalue weighted by Gasteiger charge is -2.10. The van der Waals surface area contributed by atoms with Crippen molar-refractivity contribution in [3.05, 3.63) is 21.7 Å². The third-order valence-electron chi connectivity index (χ3n) is 2.06. The molecule has 0 fully saturated rings. The maximum Gasteiger partial charge on any atom is 0.293 e. The molecule has 0 spiro atoms. The highest BCUT2D eigenvalue weighted by atomic mass is 16.1. The Bertz CT molecular complexity index is 434. The molecule has 1 heterocycles. The van der Waals surface area contributed by atoms with E-state index in [1.807, 2.05) is 0 Å². The SMILES string of the molecule is CC(=O)Cn1c(C)c(C)nc(N)c1=O. The van der Waals surface area contributed by atoms with Crippen LogP contribution in [-0.4, -0.2) is 15.3 Å². The van der Waals surface area contributed by atoms with Crippen LogP contribution in [0.5, 0.6) is 0 Å². The lowest BCUT2D eigenvalue weighted by Crippen LogP contribution is -2.29. The Labute approximate surface area is 81.6 Å². The number of anilines is 1. The standard InChI is InChI=1S/C9H13N3O2/c1-5(13)4-12-7(3)6(2)11-8(10)9(12)14/h4H2,1-3H3,(H2,10,11). The number of nitrogens with zero attached hydrogens (tertiary/aromatic N) is 2. The van der Waals surface area contributed by atoms with Crippen molar-refractivity contribution in [2.75, 3.05) is 5.73 Å². The van der Waals surface area contributed by atoms with Gasteiger partial charge in [-0.2, -0.15) is 0 Å². The van der Waals surface area contributed by atoms with E-state index >= 15 is 0 Å². The first-order valence-corrected chi connectivity index (χ1v) is 4.26. The highest BCUT2D eigenvalue weighted by Gasteiger charge is 2.09. The molecule has 5 heteroatoms. The number of aromatic nitrogens is 2. The van der Waals surface area contributed by atoms with Crippen molar-refractivity contribution in [2.24, 2.45) is 0 Å². The van der Waals surface area contributed by atoms with Crippen molar-refractivity contribution in [1.29, 1.82) is 0 Å². The Hall–Kier alpha value is -1.65. The van der Waals surface area contributed by atoms with E-state index in [-0.39, 0.29) is 18.1 Å². The molecule has 0 amide bonds. The van der Waals surface area contributed by atoms with Crippen molar-refractivity contribution in [2.45, 2.75) is 27.3 Å². The van der Waals surface area contributed by atoms with Crippen molar-refractivity contribution in [3.8, 4) is 0 Å². The first-order chi connectivity index (χ1) is 6.43. The van der Waals surface area contributed by atoms with Crippen molar-refractivity contribution < 1.29 is 4.79 Å². The Kier molecular flexibility index (Phi) is 2.69. The predicted octanol–water partition coefficient (Wildman–Crippen LogP) is 0.0313. The van der Waals surface area contributed by atoms with Crippen molar-refractivity contribution in [3.63, 3.8) is 0 Å². The summed E-state index contributed by atoms with van der Waals surface area (Å²) < 4.78 is 1.35. The van der Waals surface area contributed by atoms with E-state index in [1.165, 1.54) is 11.5 Å². The molecule has 2 N–H and O–H groups in total. The van der Waals surface area contributed by atoms with Crippen LogP contribution in [0.1, 0.15) is 18.3 Å². The van der Waals surface area contributed by atoms with E-state index in [0.717, 1.165) is 0 Å². The predicted molar refractivity (Wildman–Crippen MR) is 53.1 cm³/mol. The number of aryl methyl sites for hydroxylation is 1. The molecule has 76 valence electrons. The van der Waals surface area contributed by atoms with Gasteiger partial charge in [-0.3, -0.25) is 9.59 Å². The van der Waals surface area contributed by atoms with Crippen LogP contribution in [0.3, 0.4) is 0 Å². The van der Waals surface area contributed by atoms with Gasteiger partial charge in [-0.05, 0) is 20.8 Å². The van der Waals surface area contributed by atoms with E-state index in [2.05, 4.69) is 4.98 Å². The molecule has 0 aliphatic heterocycles. The minimum atomic E-state index is -0.400. The molecule has 0 saturated carbocycles. The number of ketones is 1. The third-order valence-corrected chi connectivity index (χ3v) is 2.06. The molecule has 5 nitrogen and oxygen atoms in total. The summed E-state index contributed by atoms with van der Waals surface area (Å²) in [5.74, 6) is -0.144. The Morgan fingerprint density at radius 1 is 1.50 bits per heavy atom. The molecular weight excluding hydrogens is 182 g/mol. The fourth-order valence-electron chi connectivity index (χ4n) is 1.21. The fraction of sp³-hybridized carbons (Fsp3) is 0.444. The molecule has 0 bridgehead atoms. The molecule has 0 atom stereocenters. The van der Waals surface area contributed by atoms with Gasteiger partial charge in [0.25, 0.3) is 5.56 Å². The molecule has 1 aromatic heterocycles. The van der Waals surface area contributed by atoms with Crippen LogP contribution >= 0.6 is 0 Å². The van der Waals surface area contributed by atoms with E-state index in [4.69, 9.17) is 5.73 Å². The van der Waals surface area contributed by atoms with Gasteiger partial charge in [-0.15, -0.1) is 0 Å². The van der Waals surface area contributed by atoms with Crippen LogP contribution in [0, 0.1) is 13.8 Å². The summed E-state index contributed by atoms with van der Waals surface area (Å²) in [5, 5.41) is 0. The summed E-state index contributed by atoms with van der Waals surface area (Å²) in [7, 11) is 0. The highest BCUT2D eigenvalue weighted by molar-refractivity contribution is 5.75. The van der Waals surface area contributed by atoms with Crippen molar-refractivity contribution >= 4 is 11.6 Å². The fourth-order valence-corrected chi connectivity index (χ4v) is 1.21. The molecule has 0 radical (unpaired) electrons. The summed E-state index contributed by atoms with van der Waals surface area (Å²) in [6.07, 6.45) is 0. The van der Waals surface area contributed by atoms with E-state index in [0.29, 0.717) is 11.4 Å². The van der Waals surface area contributed by atoms with Crippen LogP contribution in [0.4, 0.5) is 5.82 Å². The van der Waals surface area contributed by atoms with Gasteiger partial charge in [0.2, 0.25) is 0 Å². The summed E-state index contributed by atoms with van der Waals surface area (Å²) in [4.78, 5) is 26.3. The summed E-state index contributed by atoms with van der Waals surface area (Å²) in [5.41, 5.74) is 6.36. The van der Waals surface area contributed by atoms with Gasteiger partial charge in [0.05, 0.1) is 12.2 Å². The van der Waals surface area contributed by atoms with E-state index < -0.39 is 5.56 Å². The van der Waals surface area contributed by atoms with Gasteiger partial charge in [0.15, 0.2) is 5.82 Å². The molecule has 1 rings (SSSR count). The van der Waals surface area contributed by atoms with Crippen LogP contribution in [-0.2, 0) is 11.3 Å². The van der Waals surface area contributed by atoms with E-state index in [1.54, 1.807) is 13.8 Å². The summed E-state index contributed by atoms with van der Waals surface area (Å²) in [6, 6.07) is 0. The molecule has 14 heavy (non-hydrogen) atoms. The number of nitrogen functional groups attached to an aromatic ring is 1. The molecule has 0 saturated heterocycles. The van der Waals surface area contributed by atoms with Gasteiger partial charge in [-0.1, -0.05) is 0 Å². The molecule has 0 unspecified atom stereocenters. The maximum atomic E-state index is 11.5. The minimum absolute atomic E-state index is 0.0538. The number of rotatable bonds is 2. The second-order valence-corrected chi connectivity index (χ2v) is 3.26. The van der Waals surface area contributed by atoms with Gasteiger partial charge in [0, 0.05) is 5.69 Å². The Balaban J connectivity index is 3.39. The number of hydrogen-bond acceptors (Lipinski definition) is 4. The first-order valence-electron chi connectivity index (χ1n) is 4.26. The maximum absolute atomic E-state index is 11.5. The second-order valence-electron chi connectivity index (χ2n) is 3.26. The van der Waals surface area contributed by atoms with Crippen LogP contribution in [0.25, 0.3) is 0 Å². The van der Waals surface area contributed by atoms with Gasteiger partial charge >= 0.3 is 0 Å². The van der Waals surface area contributed by atoms with Gasteiger partial charge < -0.3 is 10.3 Å². The zero-order chi connectivity index (χ0) is 10.9. The molecule has 0 aliphatic carbocycles. The van der Waals surface area contributed by atoms with Crippen LogP contribution < -0.4 is 11.3 Å². The minimum Gasteiger partial charge on any atom is -0.379 e. The van der Waals surface area contributed by atoms with Crippen LogP contribution in [0.15, 0.2) is 4.79 Å². The number of carbonyl (C=O) groups excluding carboxylic acids is 1. The van der Waals surface area contributed by atoms with Crippen molar-refractivity contribution in [1.82, 2.24) is 9.55 Å². The molecule has 0 aromatic carbocycles. The second kappa shape index (κ2) is 3.61. The molecular formula is C9H13N3O2. The normalized spacial score (nSPS) is 10.2. The topological polar surface area (TPSA) is 78.0 Å². The van der Waals surface area contributed by atoms with E-state index in [9.17, 15) is 9.59 Å². The quantitative estimate of drug-likeness (QED) is 0.722. The average Bonchev–Trinajstić information content (AvgIpc) is 2.09. The monoisotopic (exact) mass is 195 g/mol. The Morgan fingerprint density at radius 2 is 2.07 bits per heavy atom. The smallest absolute Gasteiger partial charge is 0.293 e. The average molecular weight is 195 g/mol. The van der Waals surface area contributed by atoms with Gasteiger partial charge in [-0.25, -0.2) is 4.98 Å². The zero-order valence-corrected chi connectivity index (χ0v) is 8.50. The third kappa shape index (κ3) is 1.81.